The van der Waals surface area contributed by atoms with Crippen LogP contribution in [0.3, 0.4) is 0 Å². The molecule has 1 heterocycles. The number of carbonyl (C=O) groups excluding carboxylic acids is 1. The Hall–Kier alpha value is -1.63. The Bertz CT molecular complexity index is 564. The number of likely N-dealkylation sites (tertiary alicyclic amines) is 1. The second-order valence-corrected chi connectivity index (χ2v) is 6.35. The van der Waals surface area contributed by atoms with Crippen molar-refractivity contribution in [2.75, 3.05) is 20.2 Å². The minimum Gasteiger partial charge on any atom is -0.496 e. The molecule has 1 aliphatic heterocycles. The van der Waals surface area contributed by atoms with Crippen molar-refractivity contribution in [3.05, 3.63) is 33.9 Å². The highest BCUT2D eigenvalue weighted by Crippen LogP contribution is 2.29. The van der Waals surface area contributed by atoms with Crippen molar-refractivity contribution in [2.45, 2.75) is 18.2 Å². The molecule has 0 spiro atoms. The van der Waals surface area contributed by atoms with Crippen molar-refractivity contribution in [2.24, 2.45) is 5.92 Å². The van der Waals surface area contributed by atoms with Gasteiger partial charge in [-0.1, -0.05) is 22.9 Å². The summed E-state index contributed by atoms with van der Waals surface area (Å²) >= 11 is 3.59. The van der Waals surface area contributed by atoms with Crippen LogP contribution < -0.4 is 4.74 Å². The first kappa shape index (κ1) is 15.8. The number of methoxy groups -OCH3 is 1. The topological polar surface area (TPSA) is 72.7 Å². The van der Waals surface area contributed by atoms with E-state index in [-0.39, 0.29) is 22.2 Å². The minimum atomic E-state index is -0.506. The molecule has 2 unspecified atom stereocenters. The summed E-state index contributed by atoms with van der Waals surface area (Å²) in [5.41, 5.74) is 0.270. The zero-order valence-corrected chi connectivity index (χ0v) is 13.5. The molecule has 1 aromatic carbocycles. The molecule has 21 heavy (non-hydrogen) atoms. The molecule has 0 aromatic heterocycles. The number of rotatable bonds is 3. The van der Waals surface area contributed by atoms with E-state index in [1.165, 1.54) is 25.3 Å². The van der Waals surface area contributed by atoms with Crippen molar-refractivity contribution >= 4 is 27.5 Å². The van der Waals surface area contributed by atoms with Gasteiger partial charge in [-0.15, -0.1) is 0 Å². The lowest BCUT2D eigenvalue weighted by Crippen LogP contribution is -2.43. The highest BCUT2D eigenvalue weighted by atomic mass is 79.9. The van der Waals surface area contributed by atoms with E-state index in [1.54, 1.807) is 4.90 Å². The van der Waals surface area contributed by atoms with Gasteiger partial charge in [0.2, 0.25) is 0 Å². The summed E-state index contributed by atoms with van der Waals surface area (Å²) in [4.78, 5) is 24.9. The predicted molar refractivity (Wildman–Crippen MR) is 82.0 cm³/mol. The molecule has 1 fully saturated rings. The van der Waals surface area contributed by atoms with Gasteiger partial charge in [-0.05, 0) is 18.4 Å². The molecule has 1 aromatic rings. The van der Waals surface area contributed by atoms with Crippen LogP contribution in [0.2, 0.25) is 0 Å². The Morgan fingerprint density at radius 2 is 2.24 bits per heavy atom. The monoisotopic (exact) mass is 356 g/mol. The van der Waals surface area contributed by atoms with Crippen LogP contribution in [0.15, 0.2) is 18.2 Å². The van der Waals surface area contributed by atoms with Crippen molar-refractivity contribution < 1.29 is 14.5 Å². The van der Waals surface area contributed by atoms with Crippen LogP contribution in [0.1, 0.15) is 23.7 Å². The van der Waals surface area contributed by atoms with Gasteiger partial charge in [-0.25, -0.2) is 0 Å². The van der Waals surface area contributed by atoms with Crippen molar-refractivity contribution in [3.8, 4) is 5.75 Å². The quantitative estimate of drug-likeness (QED) is 0.474. The molecule has 0 aliphatic carbocycles. The number of amides is 1. The molecule has 1 aliphatic rings. The number of nitrogens with zero attached hydrogens (tertiary/aromatic N) is 2. The van der Waals surface area contributed by atoms with E-state index < -0.39 is 4.92 Å². The smallest absolute Gasteiger partial charge is 0.273 e. The minimum absolute atomic E-state index is 0.0889. The number of benzene rings is 1. The van der Waals surface area contributed by atoms with E-state index in [4.69, 9.17) is 4.74 Å². The standard InChI is InChI=1S/C14H17BrN2O4/c1-9-5-6-16(8-12(9)15)14(18)11-4-3-10(17(19)20)7-13(11)21-2/h3-4,7,9,12H,5-6,8H2,1-2H3. The molecular weight excluding hydrogens is 340 g/mol. The lowest BCUT2D eigenvalue weighted by Gasteiger charge is -2.34. The van der Waals surface area contributed by atoms with Crippen LogP contribution in [-0.4, -0.2) is 40.8 Å². The Labute approximate surface area is 131 Å². The number of ether oxygens (including phenoxy) is 1. The zero-order chi connectivity index (χ0) is 15.6. The maximum absolute atomic E-state index is 12.6. The van der Waals surface area contributed by atoms with E-state index in [9.17, 15) is 14.9 Å². The van der Waals surface area contributed by atoms with E-state index >= 15 is 0 Å². The number of nitro groups is 1. The number of non-ortho nitro benzene ring substituents is 1. The molecular formula is C14H17BrN2O4. The SMILES string of the molecule is COc1cc([N+](=O)[O-])ccc1C(=O)N1CCC(C)C(Br)C1. The third kappa shape index (κ3) is 3.34. The molecule has 2 atom stereocenters. The van der Waals surface area contributed by atoms with Crippen LogP contribution in [0.4, 0.5) is 5.69 Å². The van der Waals surface area contributed by atoms with Gasteiger partial charge < -0.3 is 9.64 Å². The third-order valence-electron chi connectivity index (χ3n) is 3.78. The summed E-state index contributed by atoms with van der Waals surface area (Å²) < 4.78 is 5.13. The zero-order valence-electron chi connectivity index (χ0n) is 11.9. The first-order chi connectivity index (χ1) is 9.93. The highest BCUT2D eigenvalue weighted by Gasteiger charge is 2.29. The maximum atomic E-state index is 12.6. The second-order valence-electron chi connectivity index (χ2n) is 5.17. The summed E-state index contributed by atoms with van der Waals surface area (Å²) in [6, 6.07) is 4.07. The van der Waals surface area contributed by atoms with Gasteiger partial charge in [0.25, 0.3) is 11.6 Å². The molecule has 7 heteroatoms. The Morgan fingerprint density at radius 3 is 2.81 bits per heavy atom. The highest BCUT2D eigenvalue weighted by molar-refractivity contribution is 9.09. The van der Waals surface area contributed by atoms with Crippen LogP contribution in [0, 0.1) is 16.0 Å². The fourth-order valence-electron chi connectivity index (χ4n) is 2.35. The molecule has 6 nitrogen and oxygen atoms in total. The summed E-state index contributed by atoms with van der Waals surface area (Å²) in [7, 11) is 1.40. The molecule has 0 N–H and O–H groups in total. The van der Waals surface area contributed by atoms with Crippen LogP contribution in [-0.2, 0) is 0 Å². The third-order valence-corrected chi connectivity index (χ3v) is 4.97. The number of hydrogen-bond donors (Lipinski definition) is 0. The number of halogens is 1. The number of piperidine rings is 1. The fraction of sp³-hybridized carbons (Fsp3) is 0.500. The average molecular weight is 357 g/mol. The van der Waals surface area contributed by atoms with E-state index in [2.05, 4.69) is 22.9 Å². The summed E-state index contributed by atoms with van der Waals surface area (Å²) in [5.74, 6) is 0.602. The Balaban J connectivity index is 2.25. The Morgan fingerprint density at radius 1 is 1.52 bits per heavy atom. The van der Waals surface area contributed by atoms with Crippen LogP contribution in [0.25, 0.3) is 0 Å². The molecule has 0 saturated carbocycles. The first-order valence-electron chi connectivity index (χ1n) is 6.69. The molecule has 0 bridgehead atoms. The molecule has 0 radical (unpaired) electrons. The van der Waals surface area contributed by atoms with Crippen LogP contribution >= 0.6 is 15.9 Å². The lowest BCUT2D eigenvalue weighted by molar-refractivity contribution is -0.384. The van der Waals surface area contributed by atoms with E-state index in [1.807, 2.05) is 0 Å². The van der Waals surface area contributed by atoms with Gasteiger partial charge in [0.15, 0.2) is 0 Å². The second kappa shape index (κ2) is 6.43. The summed E-state index contributed by atoms with van der Waals surface area (Å²) in [6.07, 6.45) is 0.928. The normalized spacial score (nSPS) is 22.0. The van der Waals surface area contributed by atoms with E-state index in [0.717, 1.165) is 6.42 Å². The maximum Gasteiger partial charge on any atom is 0.273 e. The number of carbonyl (C=O) groups is 1. The summed E-state index contributed by atoms with van der Waals surface area (Å²) in [6.45, 7) is 3.45. The lowest BCUT2D eigenvalue weighted by atomic mass is 9.98. The van der Waals surface area contributed by atoms with Gasteiger partial charge in [0.05, 0.1) is 23.7 Å². The molecule has 2 rings (SSSR count). The van der Waals surface area contributed by atoms with Crippen molar-refractivity contribution in [1.82, 2.24) is 4.90 Å². The first-order valence-corrected chi connectivity index (χ1v) is 7.61. The van der Waals surface area contributed by atoms with Gasteiger partial charge in [-0.3, -0.25) is 14.9 Å². The Kier molecular flexibility index (Phi) is 4.82. The molecule has 1 amide bonds. The van der Waals surface area contributed by atoms with Crippen molar-refractivity contribution in [1.29, 1.82) is 0 Å². The number of nitro benzene ring substituents is 1. The van der Waals surface area contributed by atoms with Gasteiger partial charge in [0.1, 0.15) is 5.75 Å². The van der Waals surface area contributed by atoms with Crippen LogP contribution in [0.5, 0.6) is 5.75 Å². The molecule has 114 valence electrons. The number of hydrogen-bond acceptors (Lipinski definition) is 4. The van der Waals surface area contributed by atoms with Gasteiger partial charge in [-0.2, -0.15) is 0 Å². The average Bonchev–Trinajstić information content (AvgIpc) is 2.48. The van der Waals surface area contributed by atoms with Crippen molar-refractivity contribution in [3.63, 3.8) is 0 Å². The van der Waals surface area contributed by atoms with E-state index in [0.29, 0.717) is 24.6 Å². The summed E-state index contributed by atoms with van der Waals surface area (Å²) in [5, 5.41) is 10.8. The van der Waals surface area contributed by atoms with Gasteiger partial charge >= 0.3 is 0 Å². The predicted octanol–water partition coefficient (Wildman–Crippen LogP) is 2.85. The van der Waals surface area contributed by atoms with Gasteiger partial charge in [0, 0.05) is 24.0 Å². The molecule has 1 saturated heterocycles. The number of alkyl halides is 1. The fourth-order valence-corrected chi connectivity index (χ4v) is 2.96. The largest absolute Gasteiger partial charge is 0.496 e.